The minimum Gasteiger partial charge on any atom is -0.456 e. The van der Waals surface area contributed by atoms with Crippen LogP contribution in [0.3, 0.4) is 0 Å². The fourth-order valence-corrected chi connectivity index (χ4v) is 9.17. The lowest BCUT2D eigenvalue weighted by molar-refractivity contribution is 0.636. The van der Waals surface area contributed by atoms with Gasteiger partial charge >= 0.3 is 0 Å². The highest BCUT2D eigenvalue weighted by atomic mass is 16.3. The van der Waals surface area contributed by atoms with Gasteiger partial charge in [-0.3, -0.25) is 0 Å². The molecule has 10 aromatic carbocycles. The first kappa shape index (κ1) is 34.9. The molecule has 0 aliphatic heterocycles. The van der Waals surface area contributed by atoms with E-state index in [2.05, 4.69) is 223 Å². The average molecular weight is 780 g/mol. The molecule has 0 aliphatic rings. The zero-order chi connectivity index (χ0) is 40.3. The third-order valence-electron chi connectivity index (χ3n) is 12.1. The molecule has 0 saturated heterocycles. The number of furan rings is 2. The van der Waals surface area contributed by atoms with Crippen molar-refractivity contribution in [3.63, 3.8) is 0 Å². The molecule has 0 spiro atoms. The summed E-state index contributed by atoms with van der Waals surface area (Å²) in [5, 5.41) is 8.03. The van der Waals surface area contributed by atoms with Crippen LogP contribution in [-0.4, -0.2) is 0 Å². The minimum absolute atomic E-state index is 0.842. The van der Waals surface area contributed by atoms with Crippen molar-refractivity contribution in [3.8, 4) is 44.7 Å². The van der Waals surface area contributed by atoms with Crippen LogP contribution in [0.1, 0.15) is 0 Å². The number of rotatable bonds is 7. The number of nitrogens with zero attached hydrogens (tertiary/aromatic N) is 1. The van der Waals surface area contributed by atoms with Crippen LogP contribution in [-0.2, 0) is 0 Å². The van der Waals surface area contributed by atoms with Gasteiger partial charge in [-0.15, -0.1) is 0 Å². The summed E-state index contributed by atoms with van der Waals surface area (Å²) < 4.78 is 13.7. The van der Waals surface area contributed by atoms with Gasteiger partial charge < -0.3 is 13.7 Å². The Bertz CT molecular complexity index is 3550. The number of fused-ring (bicyclic) bond motifs is 9. The van der Waals surface area contributed by atoms with E-state index in [9.17, 15) is 0 Å². The quantitative estimate of drug-likeness (QED) is 0.151. The van der Waals surface area contributed by atoms with Gasteiger partial charge in [-0.2, -0.15) is 0 Å². The third-order valence-corrected chi connectivity index (χ3v) is 12.1. The van der Waals surface area contributed by atoms with E-state index in [1.807, 2.05) is 6.07 Å². The maximum atomic E-state index is 7.07. The molecule has 3 nitrogen and oxygen atoms in total. The number of benzene rings is 10. The second-order valence-electron chi connectivity index (χ2n) is 15.6. The van der Waals surface area contributed by atoms with Gasteiger partial charge in [-0.05, 0) is 105 Å². The molecule has 0 atom stereocenters. The molecule has 2 heterocycles. The highest BCUT2D eigenvalue weighted by Gasteiger charge is 2.23. The summed E-state index contributed by atoms with van der Waals surface area (Å²) in [6.45, 7) is 0. The molecule has 0 N–H and O–H groups in total. The van der Waals surface area contributed by atoms with Crippen molar-refractivity contribution in [2.24, 2.45) is 0 Å². The Morgan fingerprint density at radius 2 is 0.721 bits per heavy atom. The highest BCUT2D eigenvalue weighted by molar-refractivity contribution is 6.28. The van der Waals surface area contributed by atoms with E-state index in [1.165, 1.54) is 32.8 Å². The van der Waals surface area contributed by atoms with Gasteiger partial charge in [-0.25, -0.2) is 0 Å². The summed E-state index contributed by atoms with van der Waals surface area (Å²) in [4.78, 5) is 2.30. The monoisotopic (exact) mass is 779 g/mol. The zero-order valence-electron chi connectivity index (χ0n) is 33.1. The van der Waals surface area contributed by atoms with Gasteiger partial charge in [-0.1, -0.05) is 158 Å². The third kappa shape index (κ3) is 5.90. The normalized spacial score (nSPS) is 11.6. The topological polar surface area (TPSA) is 29.5 Å². The Hall–Kier alpha value is -8.14. The molecule has 0 bridgehead atoms. The first-order chi connectivity index (χ1) is 30.2. The number of anilines is 3. The molecule has 0 unspecified atom stereocenters. The Labute approximate surface area is 353 Å². The summed E-state index contributed by atoms with van der Waals surface area (Å²) in [6.07, 6.45) is 0. The van der Waals surface area contributed by atoms with E-state index in [0.717, 1.165) is 83.4 Å². The average Bonchev–Trinajstić information content (AvgIpc) is 3.92. The van der Waals surface area contributed by atoms with Crippen molar-refractivity contribution in [3.05, 3.63) is 224 Å². The van der Waals surface area contributed by atoms with Gasteiger partial charge in [0.15, 0.2) is 0 Å². The maximum absolute atomic E-state index is 7.07. The Morgan fingerprint density at radius 1 is 0.279 bits per heavy atom. The molecule has 61 heavy (non-hydrogen) atoms. The van der Waals surface area contributed by atoms with E-state index in [-0.39, 0.29) is 0 Å². The van der Waals surface area contributed by atoms with Crippen LogP contribution in [0.4, 0.5) is 17.1 Å². The van der Waals surface area contributed by atoms with Crippen molar-refractivity contribution < 1.29 is 8.83 Å². The SMILES string of the molecule is c1ccc(-c2ccc(N(c3ccc(-c4oc5c6ccccc6c6ccccc6c5c4-c4ccccc4)cc3)c3ccc4c(c3)oc3cc(-c5ccccc5)ccc34)cc2)cc1. The summed E-state index contributed by atoms with van der Waals surface area (Å²) in [6, 6.07) is 79.5. The van der Waals surface area contributed by atoms with Crippen molar-refractivity contribution in [2.75, 3.05) is 4.90 Å². The van der Waals surface area contributed by atoms with E-state index < -0.39 is 0 Å². The summed E-state index contributed by atoms with van der Waals surface area (Å²) in [7, 11) is 0. The molecule has 3 heteroatoms. The van der Waals surface area contributed by atoms with Crippen molar-refractivity contribution >= 4 is 71.5 Å². The molecular formula is C58H37NO2. The standard InChI is InChI=1S/C58H37NO2/c1-4-14-38(15-5-1)40-24-29-44(30-25-40)59(46-33-35-50-49-34-28-43(39-16-6-2-7-17-39)36-53(49)60-54(50)37-46)45-31-26-42(27-32-45)57-55(41-18-8-3-9-19-41)56-51-22-12-10-20-47(51)48-21-11-13-23-52(48)58(56)61-57/h1-37H. The van der Waals surface area contributed by atoms with Crippen LogP contribution in [0.25, 0.3) is 99.2 Å². The molecule has 12 rings (SSSR count). The smallest absolute Gasteiger partial charge is 0.143 e. The van der Waals surface area contributed by atoms with Gasteiger partial charge in [0.25, 0.3) is 0 Å². The molecule has 286 valence electrons. The minimum atomic E-state index is 0.842. The Kier molecular flexibility index (Phi) is 8.17. The van der Waals surface area contributed by atoms with Gasteiger partial charge in [0.2, 0.25) is 0 Å². The molecule has 2 aromatic heterocycles. The van der Waals surface area contributed by atoms with E-state index in [4.69, 9.17) is 8.83 Å². The van der Waals surface area contributed by atoms with Gasteiger partial charge in [0.05, 0.1) is 0 Å². The molecule has 0 aliphatic carbocycles. The van der Waals surface area contributed by atoms with Crippen molar-refractivity contribution in [2.45, 2.75) is 0 Å². The number of hydrogen-bond acceptors (Lipinski definition) is 3. The molecule has 0 amide bonds. The van der Waals surface area contributed by atoms with Crippen molar-refractivity contribution in [1.82, 2.24) is 0 Å². The van der Waals surface area contributed by atoms with Gasteiger partial charge in [0.1, 0.15) is 22.5 Å². The van der Waals surface area contributed by atoms with E-state index in [1.54, 1.807) is 0 Å². The molecule has 12 aromatic rings. The fourth-order valence-electron chi connectivity index (χ4n) is 9.17. The number of hydrogen-bond donors (Lipinski definition) is 0. The first-order valence-corrected chi connectivity index (χ1v) is 20.7. The van der Waals surface area contributed by atoms with Crippen LogP contribution in [0.5, 0.6) is 0 Å². The Balaban J connectivity index is 1.01. The lowest BCUT2D eigenvalue weighted by Crippen LogP contribution is -2.09. The predicted molar refractivity (Wildman–Crippen MR) is 255 cm³/mol. The second-order valence-corrected chi connectivity index (χ2v) is 15.6. The van der Waals surface area contributed by atoms with Gasteiger partial charge in [0, 0.05) is 55.8 Å². The van der Waals surface area contributed by atoms with Crippen molar-refractivity contribution in [1.29, 1.82) is 0 Å². The molecule has 0 fully saturated rings. The highest BCUT2D eigenvalue weighted by Crippen LogP contribution is 2.48. The van der Waals surface area contributed by atoms with Crippen LogP contribution >= 0.6 is 0 Å². The second kappa shape index (κ2) is 14.3. The van der Waals surface area contributed by atoms with Crippen LogP contribution in [0.15, 0.2) is 233 Å². The van der Waals surface area contributed by atoms with Crippen LogP contribution < -0.4 is 4.90 Å². The lowest BCUT2D eigenvalue weighted by Gasteiger charge is -2.26. The maximum Gasteiger partial charge on any atom is 0.143 e. The molecular weight excluding hydrogens is 743 g/mol. The van der Waals surface area contributed by atoms with Crippen LogP contribution in [0, 0.1) is 0 Å². The molecule has 0 saturated carbocycles. The molecule has 0 radical (unpaired) electrons. The van der Waals surface area contributed by atoms with Crippen LogP contribution in [0.2, 0.25) is 0 Å². The Morgan fingerprint density at radius 3 is 1.36 bits per heavy atom. The largest absolute Gasteiger partial charge is 0.456 e. The first-order valence-electron chi connectivity index (χ1n) is 20.7. The zero-order valence-corrected chi connectivity index (χ0v) is 33.1. The fraction of sp³-hybridized carbons (Fsp3) is 0. The summed E-state index contributed by atoms with van der Waals surface area (Å²) >= 11 is 0. The summed E-state index contributed by atoms with van der Waals surface area (Å²) in [5.41, 5.74) is 13.6. The van der Waals surface area contributed by atoms with E-state index in [0.29, 0.717) is 0 Å². The summed E-state index contributed by atoms with van der Waals surface area (Å²) in [5.74, 6) is 0.853. The predicted octanol–water partition coefficient (Wildman–Crippen LogP) is 16.8. The van der Waals surface area contributed by atoms with E-state index >= 15 is 0 Å². The lowest BCUT2D eigenvalue weighted by atomic mass is 9.92.